The van der Waals surface area contributed by atoms with E-state index in [0.717, 1.165) is 38.5 Å². The van der Waals surface area contributed by atoms with E-state index in [4.69, 9.17) is 9.84 Å². The number of aliphatic hydroxyl groups excluding tert-OH is 1. The van der Waals surface area contributed by atoms with Crippen molar-refractivity contribution >= 4 is 29.5 Å². The van der Waals surface area contributed by atoms with Gasteiger partial charge in [-0.2, -0.15) is 0 Å². The second-order valence-electron chi connectivity index (χ2n) is 10.6. The number of esters is 1. The van der Waals surface area contributed by atoms with Crippen LogP contribution >= 0.6 is 11.8 Å². The molecule has 0 aliphatic carbocycles. The highest BCUT2D eigenvalue weighted by atomic mass is 32.2. The van der Waals surface area contributed by atoms with Gasteiger partial charge in [-0.25, -0.2) is 0 Å². The van der Waals surface area contributed by atoms with E-state index in [1.54, 1.807) is 22.7 Å². The molecule has 1 spiro atoms. The zero-order chi connectivity index (χ0) is 25.1. The van der Waals surface area contributed by atoms with Crippen molar-refractivity contribution < 1.29 is 24.2 Å². The van der Waals surface area contributed by atoms with Crippen molar-refractivity contribution in [2.24, 2.45) is 11.8 Å². The smallest absolute Gasteiger partial charge is 0.311 e. The molecule has 0 saturated carbocycles. The van der Waals surface area contributed by atoms with Gasteiger partial charge in [0.1, 0.15) is 12.6 Å². The molecule has 3 fully saturated rings. The first-order chi connectivity index (χ1) is 16.1. The molecule has 3 aliphatic heterocycles. The van der Waals surface area contributed by atoms with Crippen molar-refractivity contribution in [1.82, 2.24) is 9.80 Å². The Morgan fingerprint density at radius 2 is 1.94 bits per heavy atom. The van der Waals surface area contributed by atoms with E-state index in [-0.39, 0.29) is 36.2 Å². The van der Waals surface area contributed by atoms with Crippen molar-refractivity contribution in [2.45, 2.75) is 80.9 Å². The fourth-order valence-corrected chi connectivity index (χ4v) is 8.10. The maximum absolute atomic E-state index is 14.2. The summed E-state index contributed by atoms with van der Waals surface area (Å²) in [6, 6.07) is -0.603. The van der Waals surface area contributed by atoms with E-state index >= 15 is 0 Å². The number of aliphatic hydroxyl groups is 1. The van der Waals surface area contributed by atoms with Crippen LogP contribution in [0.5, 0.6) is 0 Å². The molecular formula is C26H40N2O5S. The summed E-state index contributed by atoms with van der Waals surface area (Å²) >= 11 is 1.66. The zero-order valence-corrected chi connectivity index (χ0v) is 21.6. The van der Waals surface area contributed by atoms with E-state index in [2.05, 4.69) is 13.2 Å². The van der Waals surface area contributed by atoms with E-state index < -0.39 is 28.2 Å². The molecule has 1 N–H and O–H groups in total. The molecule has 3 heterocycles. The fourth-order valence-electron chi connectivity index (χ4n) is 5.90. The van der Waals surface area contributed by atoms with Gasteiger partial charge < -0.3 is 19.6 Å². The molecule has 2 amide bonds. The minimum absolute atomic E-state index is 0.00393. The average molecular weight is 493 g/mol. The van der Waals surface area contributed by atoms with E-state index in [9.17, 15) is 14.4 Å². The highest BCUT2D eigenvalue weighted by Crippen LogP contribution is 2.66. The number of nitrogens with zero attached hydrogens (tertiary/aromatic N) is 2. The van der Waals surface area contributed by atoms with Crippen molar-refractivity contribution in [1.29, 1.82) is 0 Å². The monoisotopic (exact) mass is 492 g/mol. The Kier molecular flexibility index (Phi) is 8.56. The molecule has 7 nitrogen and oxygen atoms in total. The van der Waals surface area contributed by atoms with Crippen LogP contribution in [0.1, 0.15) is 59.3 Å². The summed E-state index contributed by atoms with van der Waals surface area (Å²) in [4.78, 5) is 44.6. The first kappa shape index (κ1) is 26.8. The van der Waals surface area contributed by atoms with Crippen LogP contribution in [-0.2, 0) is 19.1 Å². The number of hydrogen-bond donors (Lipinski definition) is 1. The molecule has 34 heavy (non-hydrogen) atoms. The Morgan fingerprint density at radius 1 is 1.24 bits per heavy atom. The molecule has 0 aromatic rings. The minimum atomic E-state index is -0.605. The normalized spacial score (nSPS) is 29.8. The molecule has 3 saturated heterocycles. The Hall–Kier alpha value is -1.80. The summed E-state index contributed by atoms with van der Waals surface area (Å²) < 4.78 is 4.80. The molecule has 0 radical (unpaired) electrons. The third-order valence-electron chi connectivity index (χ3n) is 7.34. The summed E-state index contributed by atoms with van der Waals surface area (Å²) in [6.07, 6.45) is 8.04. The molecule has 5 atom stereocenters. The summed E-state index contributed by atoms with van der Waals surface area (Å²) in [5.74, 6) is -1.57. The summed E-state index contributed by atoms with van der Waals surface area (Å²) in [7, 11) is 0. The number of hydrogen-bond acceptors (Lipinski definition) is 6. The van der Waals surface area contributed by atoms with Crippen LogP contribution < -0.4 is 0 Å². The van der Waals surface area contributed by atoms with Gasteiger partial charge in [0, 0.05) is 30.5 Å². The highest BCUT2D eigenvalue weighted by Gasteiger charge is 2.74. The summed E-state index contributed by atoms with van der Waals surface area (Å²) in [6.45, 7) is 14.6. The number of thioether (sulfide) groups is 1. The van der Waals surface area contributed by atoms with Crippen LogP contribution in [0.2, 0.25) is 0 Å². The predicted molar refractivity (Wildman–Crippen MR) is 134 cm³/mol. The Morgan fingerprint density at radius 3 is 2.56 bits per heavy atom. The fraction of sp³-hybridized carbons (Fsp3) is 0.731. The van der Waals surface area contributed by atoms with Crippen LogP contribution in [0.15, 0.2) is 25.3 Å². The average Bonchev–Trinajstić information content (AvgIpc) is 3.42. The molecule has 190 valence electrons. The first-order valence-electron chi connectivity index (χ1n) is 12.4. The molecule has 3 aliphatic rings. The number of fused-ring (bicyclic) bond motifs is 1. The SMILES string of the molecule is C=CCOC(=O)[C@@H]1[C@H]2C(=O)N(CCCCCCO)C(C(=O)N(CC=C)C(C)(C)C)C23CC[C@H]1S3. The molecule has 0 aromatic carbocycles. The Bertz CT molecular complexity index is 810. The summed E-state index contributed by atoms with van der Waals surface area (Å²) in [5.41, 5.74) is -0.431. The predicted octanol–water partition coefficient (Wildman–Crippen LogP) is 3.17. The number of carbonyl (C=O) groups excluding carboxylic acids is 3. The molecule has 2 bridgehead atoms. The number of likely N-dealkylation sites (tertiary alicyclic amines) is 1. The van der Waals surface area contributed by atoms with Gasteiger partial charge in [0.2, 0.25) is 11.8 Å². The van der Waals surface area contributed by atoms with Crippen molar-refractivity contribution in [2.75, 3.05) is 26.3 Å². The van der Waals surface area contributed by atoms with Gasteiger partial charge in [0.05, 0.1) is 16.6 Å². The Labute approximate surface area is 208 Å². The maximum Gasteiger partial charge on any atom is 0.311 e. The van der Waals surface area contributed by atoms with E-state index in [1.165, 1.54) is 6.08 Å². The van der Waals surface area contributed by atoms with Crippen LogP contribution in [0.25, 0.3) is 0 Å². The zero-order valence-electron chi connectivity index (χ0n) is 20.8. The second-order valence-corrected chi connectivity index (χ2v) is 12.2. The largest absolute Gasteiger partial charge is 0.461 e. The van der Waals surface area contributed by atoms with Gasteiger partial charge in [0.25, 0.3) is 0 Å². The van der Waals surface area contributed by atoms with Gasteiger partial charge in [-0.05, 0) is 46.5 Å². The first-order valence-corrected chi connectivity index (χ1v) is 13.3. The maximum atomic E-state index is 14.2. The number of ether oxygens (including phenoxy) is 1. The van der Waals surface area contributed by atoms with Gasteiger partial charge in [-0.3, -0.25) is 14.4 Å². The van der Waals surface area contributed by atoms with Crippen LogP contribution in [0, 0.1) is 11.8 Å². The second kappa shape index (κ2) is 10.9. The quantitative estimate of drug-likeness (QED) is 0.256. The van der Waals surface area contributed by atoms with Gasteiger partial charge >= 0.3 is 5.97 Å². The molecule has 0 aromatic heterocycles. The third-order valence-corrected chi connectivity index (χ3v) is 9.30. The Balaban J connectivity index is 1.95. The van der Waals surface area contributed by atoms with Gasteiger partial charge in [-0.15, -0.1) is 18.3 Å². The topological polar surface area (TPSA) is 87.1 Å². The summed E-state index contributed by atoms with van der Waals surface area (Å²) in [5, 5.41) is 9.06. The van der Waals surface area contributed by atoms with Crippen LogP contribution in [-0.4, -0.2) is 80.6 Å². The van der Waals surface area contributed by atoms with Crippen LogP contribution in [0.4, 0.5) is 0 Å². The lowest BCUT2D eigenvalue weighted by atomic mass is 9.71. The number of carbonyl (C=O) groups is 3. The molecule has 3 rings (SSSR count). The lowest BCUT2D eigenvalue weighted by Crippen LogP contribution is -2.58. The highest BCUT2D eigenvalue weighted by molar-refractivity contribution is 8.02. The number of unbranched alkanes of at least 4 members (excludes halogenated alkanes) is 3. The van der Waals surface area contributed by atoms with Crippen LogP contribution in [0.3, 0.4) is 0 Å². The minimum Gasteiger partial charge on any atom is -0.461 e. The van der Waals surface area contributed by atoms with Crippen molar-refractivity contribution in [3.05, 3.63) is 25.3 Å². The number of amides is 2. The van der Waals surface area contributed by atoms with E-state index in [1.807, 2.05) is 25.7 Å². The molecular weight excluding hydrogens is 452 g/mol. The number of rotatable bonds is 12. The molecule has 8 heteroatoms. The third kappa shape index (κ3) is 4.81. The molecule has 2 unspecified atom stereocenters. The van der Waals surface area contributed by atoms with Crippen molar-refractivity contribution in [3.8, 4) is 0 Å². The lowest BCUT2D eigenvalue weighted by Gasteiger charge is -2.42. The van der Waals surface area contributed by atoms with E-state index in [0.29, 0.717) is 13.1 Å². The standard InChI is InChI=1S/C26H40N2O5S/c1-6-14-28(25(3,4)5)23(31)21-26-13-12-18(34-26)19(24(32)33-17-7-2)20(26)22(30)27(21)15-10-8-9-11-16-29/h6-7,18-21,29H,1-2,8-17H2,3-5H3/t18-,19+,20+,21?,26?/m1/s1. The van der Waals surface area contributed by atoms with Gasteiger partial charge in [-0.1, -0.05) is 31.6 Å². The van der Waals surface area contributed by atoms with Gasteiger partial charge in [0.15, 0.2) is 0 Å². The lowest BCUT2D eigenvalue weighted by molar-refractivity contribution is -0.153. The van der Waals surface area contributed by atoms with Crippen molar-refractivity contribution in [3.63, 3.8) is 0 Å².